The van der Waals surface area contributed by atoms with Crippen molar-refractivity contribution in [1.82, 2.24) is 9.80 Å². The molecule has 0 saturated carbocycles. The molecule has 0 aromatic heterocycles. The van der Waals surface area contributed by atoms with Gasteiger partial charge in [-0.1, -0.05) is 18.7 Å². The van der Waals surface area contributed by atoms with Gasteiger partial charge in [-0.3, -0.25) is 9.59 Å². The number of amides is 2. The molecule has 0 spiro atoms. The predicted octanol–water partition coefficient (Wildman–Crippen LogP) is 1.99. The number of aliphatic hydroxyl groups excluding tert-OH is 1. The van der Waals surface area contributed by atoms with Gasteiger partial charge in [-0.2, -0.15) is 0 Å². The minimum atomic E-state index is -0.549. The lowest BCUT2D eigenvalue weighted by molar-refractivity contribution is -0.134. The molecule has 1 aromatic carbocycles. The quantitative estimate of drug-likeness (QED) is 0.868. The van der Waals surface area contributed by atoms with Gasteiger partial charge < -0.3 is 14.9 Å². The summed E-state index contributed by atoms with van der Waals surface area (Å²) in [4.78, 5) is 28.1. The van der Waals surface area contributed by atoms with E-state index >= 15 is 0 Å². The second kappa shape index (κ2) is 6.54. The zero-order valence-corrected chi connectivity index (χ0v) is 14.0. The van der Waals surface area contributed by atoms with Crippen LogP contribution in [-0.2, 0) is 4.79 Å². The minimum Gasteiger partial charge on any atom is -0.389 e. The van der Waals surface area contributed by atoms with Crippen LogP contribution < -0.4 is 0 Å². The van der Waals surface area contributed by atoms with Crippen LogP contribution in [0.15, 0.2) is 36.9 Å². The lowest BCUT2D eigenvalue weighted by Gasteiger charge is -2.46. The number of benzene rings is 1. The van der Waals surface area contributed by atoms with Gasteiger partial charge in [0.15, 0.2) is 0 Å². The molecule has 23 heavy (non-hydrogen) atoms. The van der Waals surface area contributed by atoms with E-state index < -0.39 is 11.6 Å². The Bertz CT molecular complexity index is 605. The van der Waals surface area contributed by atoms with Crippen LogP contribution in [0.3, 0.4) is 0 Å². The Morgan fingerprint density at radius 1 is 1.26 bits per heavy atom. The maximum atomic E-state index is 12.7. The molecule has 0 radical (unpaired) electrons. The van der Waals surface area contributed by atoms with E-state index in [2.05, 4.69) is 6.58 Å². The van der Waals surface area contributed by atoms with Crippen molar-refractivity contribution in [2.24, 2.45) is 0 Å². The van der Waals surface area contributed by atoms with E-state index in [9.17, 15) is 14.7 Å². The summed E-state index contributed by atoms with van der Waals surface area (Å²) in [7, 11) is 0. The summed E-state index contributed by atoms with van der Waals surface area (Å²) in [5.41, 5.74) is 0.940. The van der Waals surface area contributed by atoms with E-state index in [1.807, 2.05) is 13.8 Å². The SMILES string of the molecule is C=CC(=O)N1CCN(C(=O)c2ccc([C@@H](C)O)cc2)CC1(C)C. The topological polar surface area (TPSA) is 60.9 Å². The van der Waals surface area contributed by atoms with Crippen molar-refractivity contribution in [3.8, 4) is 0 Å². The van der Waals surface area contributed by atoms with Crippen molar-refractivity contribution in [2.75, 3.05) is 19.6 Å². The van der Waals surface area contributed by atoms with E-state index in [-0.39, 0.29) is 11.8 Å². The molecule has 2 rings (SSSR count). The molecule has 0 unspecified atom stereocenters. The van der Waals surface area contributed by atoms with Gasteiger partial charge >= 0.3 is 0 Å². The molecule has 124 valence electrons. The zero-order chi connectivity index (χ0) is 17.2. The summed E-state index contributed by atoms with van der Waals surface area (Å²) in [6, 6.07) is 7.00. The van der Waals surface area contributed by atoms with Crippen molar-refractivity contribution < 1.29 is 14.7 Å². The highest BCUT2D eigenvalue weighted by Crippen LogP contribution is 2.23. The summed E-state index contributed by atoms with van der Waals surface area (Å²) in [6.07, 6.45) is 0.764. The molecule has 1 fully saturated rings. The van der Waals surface area contributed by atoms with Gasteiger partial charge in [-0.25, -0.2) is 0 Å². The monoisotopic (exact) mass is 316 g/mol. The summed E-state index contributed by atoms with van der Waals surface area (Å²) in [5, 5.41) is 9.53. The Balaban J connectivity index is 2.12. The van der Waals surface area contributed by atoms with Crippen LogP contribution in [0.1, 0.15) is 42.8 Å². The Hall–Kier alpha value is -2.14. The largest absolute Gasteiger partial charge is 0.389 e. The van der Waals surface area contributed by atoms with Gasteiger partial charge in [0, 0.05) is 25.2 Å². The second-order valence-corrected chi connectivity index (χ2v) is 6.53. The predicted molar refractivity (Wildman–Crippen MR) is 89.0 cm³/mol. The molecule has 5 nitrogen and oxygen atoms in total. The smallest absolute Gasteiger partial charge is 0.253 e. The molecule has 1 aliphatic heterocycles. The standard InChI is InChI=1S/C18H24N2O3/c1-5-16(22)20-11-10-19(12-18(20,3)4)17(23)15-8-6-14(7-9-15)13(2)21/h5-9,13,21H,1,10-12H2,2-4H3/t13-/m1/s1. The third-order valence-corrected chi connectivity index (χ3v) is 4.27. The first kappa shape index (κ1) is 17.2. The van der Waals surface area contributed by atoms with Gasteiger partial charge in [0.05, 0.1) is 11.6 Å². The number of rotatable bonds is 3. The Morgan fingerprint density at radius 2 is 1.87 bits per heavy atom. The maximum Gasteiger partial charge on any atom is 0.253 e. The molecule has 2 amide bonds. The minimum absolute atomic E-state index is 0.0547. The van der Waals surface area contributed by atoms with E-state index in [0.717, 1.165) is 5.56 Å². The molecule has 1 saturated heterocycles. The molecule has 0 bridgehead atoms. The average Bonchev–Trinajstić information content (AvgIpc) is 2.52. The average molecular weight is 316 g/mol. The van der Waals surface area contributed by atoms with E-state index in [4.69, 9.17) is 0 Å². The fourth-order valence-corrected chi connectivity index (χ4v) is 2.93. The normalized spacial score (nSPS) is 18.4. The lowest BCUT2D eigenvalue weighted by atomic mass is 9.97. The third kappa shape index (κ3) is 3.62. The number of carbonyl (C=O) groups is 2. The lowest BCUT2D eigenvalue weighted by Crippen LogP contribution is -2.61. The molecule has 1 N–H and O–H groups in total. The summed E-state index contributed by atoms with van der Waals surface area (Å²) in [5.74, 6) is -0.163. The van der Waals surface area contributed by atoms with Gasteiger partial charge in [-0.05, 0) is 44.5 Å². The van der Waals surface area contributed by atoms with Crippen LogP contribution in [-0.4, -0.2) is 51.9 Å². The fourth-order valence-electron chi connectivity index (χ4n) is 2.93. The third-order valence-electron chi connectivity index (χ3n) is 4.27. The summed E-state index contributed by atoms with van der Waals surface area (Å²) >= 11 is 0. The first-order valence-corrected chi connectivity index (χ1v) is 7.77. The van der Waals surface area contributed by atoms with Crippen molar-refractivity contribution in [2.45, 2.75) is 32.4 Å². The van der Waals surface area contributed by atoms with Crippen molar-refractivity contribution in [3.63, 3.8) is 0 Å². The zero-order valence-electron chi connectivity index (χ0n) is 14.0. The van der Waals surface area contributed by atoms with Crippen LogP contribution in [0, 0.1) is 0 Å². The van der Waals surface area contributed by atoms with Crippen LogP contribution in [0.5, 0.6) is 0 Å². The number of carbonyl (C=O) groups excluding carboxylic acids is 2. The first-order chi connectivity index (χ1) is 10.8. The van der Waals surface area contributed by atoms with Crippen LogP contribution in [0.4, 0.5) is 0 Å². The number of aliphatic hydroxyl groups is 1. The number of hydrogen-bond donors (Lipinski definition) is 1. The Labute approximate surface area is 137 Å². The van der Waals surface area contributed by atoms with E-state index in [1.54, 1.807) is 41.0 Å². The molecule has 1 aliphatic rings. The second-order valence-electron chi connectivity index (χ2n) is 6.53. The van der Waals surface area contributed by atoms with Crippen LogP contribution in [0.2, 0.25) is 0 Å². The molecular weight excluding hydrogens is 292 g/mol. The molecule has 1 atom stereocenters. The number of hydrogen-bond acceptors (Lipinski definition) is 3. The van der Waals surface area contributed by atoms with Gasteiger partial charge in [-0.15, -0.1) is 0 Å². The first-order valence-electron chi connectivity index (χ1n) is 7.77. The van der Waals surface area contributed by atoms with Gasteiger partial charge in [0.25, 0.3) is 5.91 Å². The molecule has 0 aliphatic carbocycles. The number of nitrogens with zero attached hydrogens (tertiary/aromatic N) is 2. The fraction of sp³-hybridized carbons (Fsp3) is 0.444. The summed E-state index contributed by atoms with van der Waals surface area (Å²) < 4.78 is 0. The van der Waals surface area contributed by atoms with Gasteiger partial charge in [0.2, 0.25) is 5.91 Å². The Kier molecular flexibility index (Phi) is 4.90. The van der Waals surface area contributed by atoms with Gasteiger partial charge in [0.1, 0.15) is 0 Å². The van der Waals surface area contributed by atoms with Crippen LogP contribution >= 0.6 is 0 Å². The van der Waals surface area contributed by atoms with Crippen molar-refractivity contribution in [1.29, 1.82) is 0 Å². The molecule has 1 heterocycles. The highest BCUT2D eigenvalue weighted by Gasteiger charge is 2.37. The van der Waals surface area contributed by atoms with E-state index in [0.29, 0.717) is 25.2 Å². The van der Waals surface area contributed by atoms with Crippen molar-refractivity contribution in [3.05, 3.63) is 48.0 Å². The van der Waals surface area contributed by atoms with Crippen LogP contribution in [0.25, 0.3) is 0 Å². The summed E-state index contributed by atoms with van der Waals surface area (Å²) in [6.45, 7) is 10.6. The highest BCUT2D eigenvalue weighted by molar-refractivity contribution is 5.95. The number of piperazine rings is 1. The highest BCUT2D eigenvalue weighted by atomic mass is 16.3. The molecule has 1 aromatic rings. The molecular formula is C18H24N2O3. The van der Waals surface area contributed by atoms with E-state index in [1.165, 1.54) is 6.08 Å². The van der Waals surface area contributed by atoms with Crippen molar-refractivity contribution >= 4 is 11.8 Å². The maximum absolute atomic E-state index is 12.7. The Morgan fingerprint density at radius 3 is 2.35 bits per heavy atom. The molecule has 5 heteroatoms.